The Labute approximate surface area is 133 Å². The molecular weight excluding hydrogens is 302 g/mol. The van der Waals surface area contributed by atoms with Crippen molar-refractivity contribution in [2.24, 2.45) is 5.92 Å². The zero-order chi connectivity index (χ0) is 15.6. The monoisotopic (exact) mass is 327 g/mol. The molecule has 3 nitrogen and oxygen atoms in total. The summed E-state index contributed by atoms with van der Waals surface area (Å²) in [6, 6.07) is 5.71. The average Bonchev–Trinajstić information content (AvgIpc) is 2.85. The van der Waals surface area contributed by atoms with E-state index in [1.165, 1.54) is 4.90 Å². The molecule has 1 aromatic rings. The number of rotatable bonds is 5. The van der Waals surface area contributed by atoms with Gasteiger partial charge in [-0.05, 0) is 62.1 Å². The highest BCUT2D eigenvalue weighted by molar-refractivity contribution is 7.98. The van der Waals surface area contributed by atoms with Gasteiger partial charge in [-0.25, -0.2) is 8.42 Å². The van der Waals surface area contributed by atoms with E-state index in [0.717, 1.165) is 24.8 Å². The van der Waals surface area contributed by atoms with E-state index in [0.29, 0.717) is 17.4 Å². The van der Waals surface area contributed by atoms with Gasteiger partial charge in [-0.3, -0.25) is 0 Å². The Morgan fingerprint density at radius 3 is 2.62 bits per heavy atom. The van der Waals surface area contributed by atoms with Gasteiger partial charge in [0.05, 0.1) is 4.90 Å². The van der Waals surface area contributed by atoms with Crippen molar-refractivity contribution in [3.8, 4) is 0 Å². The lowest BCUT2D eigenvalue weighted by molar-refractivity contribution is 0.408. The van der Waals surface area contributed by atoms with Crippen LogP contribution in [0.25, 0.3) is 0 Å². The predicted octanol–water partition coefficient (Wildman–Crippen LogP) is 3.78. The van der Waals surface area contributed by atoms with E-state index in [2.05, 4.69) is 13.8 Å². The van der Waals surface area contributed by atoms with Crippen LogP contribution in [0.3, 0.4) is 0 Å². The Morgan fingerprint density at radius 1 is 1.38 bits per heavy atom. The maximum Gasteiger partial charge on any atom is 0.243 e. The van der Waals surface area contributed by atoms with Crippen molar-refractivity contribution in [2.75, 3.05) is 12.8 Å². The fourth-order valence-corrected chi connectivity index (χ4v) is 5.27. The summed E-state index contributed by atoms with van der Waals surface area (Å²) in [6.45, 7) is 6.96. The summed E-state index contributed by atoms with van der Waals surface area (Å²) in [5, 5.41) is 0. The van der Waals surface area contributed by atoms with Gasteiger partial charge in [0.15, 0.2) is 0 Å². The van der Waals surface area contributed by atoms with Crippen LogP contribution in [-0.4, -0.2) is 31.6 Å². The first-order valence-electron chi connectivity index (χ1n) is 7.55. The first-order valence-corrected chi connectivity index (χ1v) is 10.2. The van der Waals surface area contributed by atoms with Crippen molar-refractivity contribution in [1.29, 1.82) is 0 Å². The van der Waals surface area contributed by atoms with Crippen molar-refractivity contribution in [1.82, 2.24) is 4.31 Å². The van der Waals surface area contributed by atoms with Crippen LogP contribution in [0.1, 0.15) is 39.2 Å². The van der Waals surface area contributed by atoms with Crippen LogP contribution in [0.5, 0.6) is 0 Å². The molecule has 0 amide bonds. The van der Waals surface area contributed by atoms with E-state index < -0.39 is 10.0 Å². The Balaban J connectivity index is 2.39. The average molecular weight is 328 g/mol. The minimum Gasteiger partial charge on any atom is -0.207 e. The van der Waals surface area contributed by atoms with Crippen LogP contribution >= 0.6 is 11.8 Å². The highest BCUT2D eigenvalue weighted by atomic mass is 32.2. The molecule has 21 heavy (non-hydrogen) atoms. The van der Waals surface area contributed by atoms with Gasteiger partial charge in [-0.1, -0.05) is 13.8 Å². The lowest BCUT2D eigenvalue weighted by atomic mass is 10.0. The third kappa shape index (κ3) is 3.63. The summed E-state index contributed by atoms with van der Waals surface area (Å²) >= 11 is 1.68. The Bertz CT molecular complexity index is 596. The molecule has 1 fully saturated rings. The fourth-order valence-electron chi connectivity index (χ4n) is 2.91. The minimum absolute atomic E-state index is 0.115. The summed E-state index contributed by atoms with van der Waals surface area (Å²) in [5.41, 5.74) is 1.14. The van der Waals surface area contributed by atoms with Crippen molar-refractivity contribution >= 4 is 21.8 Å². The molecule has 1 unspecified atom stereocenters. The van der Waals surface area contributed by atoms with Gasteiger partial charge >= 0.3 is 0 Å². The quantitative estimate of drug-likeness (QED) is 0.772. The highest BCUT2D eigenvalue weighted by Gasteiger charge is 2.32. The molecule has 1 saturated heterocycles. The van der Waals surface area contributed by atoms with Crippen LogP contribution in [0.15, 0.2) is 28.0 Å². The van der Waals surface area contributed by atoms with Crippen LogP contribution in [0, 0.1) is 5.92 Å². The molecule has 1 aromatic carbocycles. The van der Waals surface area contributed by atoms with Gasteiger partial charge in [0, 0.05) is 17.5 Å². The number of nitrogens with zero attached hydrogens (tertiary/aromatic N) is 1. The zero-order valence-corrected chi connectivity index (χ0v) is 14.9. The van der Waals surface area contributed by atoms with E-state index in [-0.39, 0.29) is 6.04 Å². The number of thioether (sulfide) groups is 1. The summed E-state index contributed by atoms with van der Waals surface area (Å²) in [6.07, 6.45) is 4.87. The third-order valence-electron chi connectivity index (χ3n) is 3.98. The molecule has 0 radical (unpaired) electrons. The topological polar surface area (TPSA) is 37.4 Å². The van der Waals surface area contributed by atoms with Gasteiger partial charge in [-0.2, -0.15) is 4.31 Å². The summed E-state index contributed by atoms with van der Waals surface area (Å²) < 4.78 is 27.3. The molecule has 1 aliphatic heterocycles. The van der Waals surface area contributed by atoms with Crippen molar-refractivity contribution in [2.45, 2.75) is 55.9 Å². The second-order valence-electron chi connectivity index (χ2n) is 6.18. The molecule has 0 spiro atoms. The van der Waals surface area contributed by atoms with E-state index in [1.807, 2.05) is 25.3 Å². The molecule has 5 heteroatoms. The number of sulfonamides is 1. The molecule has 2 rings (SSSR count). The molecule has 1 heterocycles. The Morgan fingerprint density at radius 2 is 2.10 bits per heavy atom. The van der Waals surface area contributed by atoms with E-state index in [9.17, 15) is 8.42 Å². The highest BCUT2D eigenvalue weighted by Crippen LogP contribution is 2.30. The Hall–Kier alpha value is -0.520. The minimum atomic E-state index is -3.35. The van der Waals surface area contributed by atoms with Crippen molar-refractivity contribution < 1.29 is 8.42 Å². The summed E-state index contributed by atoms with van der Waals surface area (Å²) in [5.74, 6) is 0.513. The van der Waals surface area contributed by atoms with Gasteiger partial charge in [0.1, 0.15) is 0 Å². The van der Waals surface area contributed by atoms with Gasteiger partial charge in [0.2, 0.25) is 10.0 Å². The Kier molecular flexibility index (Phi) is 5.38. The van der Waals surface area contributed by atoms with E-state index >= 15 is 0 Å². The summed E-state index contributed by atoms with van der Waals surface area (Å²) in [4.78, 5) is 1.63. The maximum absolute atomic E-state index is 12.8. The first-order chi connectivity index (χ1) is 9.86. The molecule has 0 saturated carbocycles. The SMILES string of the molecule is CSc1ccc(S(=O)(=O)N2CCCC2C)cc1CC(C)C. The van der Waals surface area contributed by atoms with Crippen molar-refractivity contribution in [3.63, 3.8) is 0 Å². The smallest absolute Gasteiger partial charge is 0.207 e. The van der Waals surface area contributed by atoms with Crippen LogP contribution in [0.4, 0.5) is 0 Å². The zero-order valence-electron chi connectivity index (χ0n) is 13.3. The molecule has 0 aromatic heterocycles. The molecular formula is C16H25NO2S2. The predicted molar refractivity (Wildman–Crippen MR) is 89.4 cm³/mol. The fraction of sp³-hybridized carbons (Fsp3) is 0.625. The second-order valence-corrected chi connectivity index (χ2v) is 8.92. The lowest BCUT2D eigenvalue weighted by Gasteiger charge is -2.22. The van der Waals surface area contributed by atoms with Crippen LogP contribution < -0.4 is 0 Å². The molecule has 1 aliphatic rings. The number of hydrogen-bond donors (Lipinski definition) is 0. The number of hydrogen-bond acceptors (Lipinski definition) is 3. The molecule has 0 N–H and O–H groups in total. The molecule has 1 atom stereocenters. The summed E-state index contributed by atoms with van der Waals surface area (Å²) in [7, 11) is -3.35. The normalized spacial score (nSPS) is 20.3. The molecule has 0 aliphatic carbocycles. The number of benzene rings is 1. The van der Waals surface area contributed by atoms with Crippen molar-refractivity contribution in [3.05, 3.63) is 23.8 Å². The lowest BCUT2D eigenvalue weighted by Crippen LogP contribution is -2.33. The van der Waals surface area contributed by atoms with E-state index in [1.54, 1.807) is 22.1 Å². The van der Waals surface area contributed by atoms with Crippen LogP contribution in [0.2, 0.25) is 0 Å². The second kappa shape index (κ2) is 6.71. The van der Waals surface area contributed by atoms with Gasteiger partial charge in [0.25, 0.3) is 0 Å². The largest absolute Gasteiger partial charge is 0.243 e. The first kappa shape index (κ1) is 16.8. The standard InChI is InChI=1S/C16H25NO2S2/c1-12(2)10-14-11-15(7-8-16(14)20-4)21(18,19)17-9-5-6-13(17)3/h7-8,11-13H,5-6,9-10H2,1-4H3. The van der Waals surface area contributed by atoms with Gasteiger partial charge in [-0.15, -0.1) is 11.8 Å². The van der Waals surface area contributed by atoms with Gasteiger partial charge < -0.3 is 0 Å². The van der Waals surface area contributed by atoms with Crippen LogP contribution in [-0.2, 0) is 16.4 Å². The third-order valence-corrected chi connectivity index (χ3v) is 6.83. The van der Waals surface area contributed by atoms with E-state index in [4.69, 9.17) is 0 Å². The maximum atomic E-state index is 12.8. The molecule has 0 bridgehead atoms. The molecule has 118 valence electrons.